The second kappa shape index (κ2) is 8.19. The third kappa shape index (κ3) is 4.14. The predicted molar refractivity (Wildman–Crippen MR) is 103 cm³/mol. The van der Waals surface area contributed by atoms with Crippen LogP contribution < -0.4 is 4.31 Å². The number of esters is 1. The highest BCUT2D eigenvalue weighted by molar-refractivity contribution is 7.92. The van der Waals surface area contributed by atoms with E-state index in [4.69, 9.17) is 4.74 Å². The van der Waals surface area contributed by atoms with Crippen LogP contribution in [-0.4, -0.2) is 27.5 Å². The van der Waals surface area contributed by atoms with Crippen molar-refractivity contribution in [2.24, 2.45) is 0 Å². The van der Waals surface area contributed by atoms with Gasteiger partial charge in [0.05, 0.1) is 29.3 Å². The monoisotopic (exact) mass is 373 g/mol. The number of sulfonamides is 1. The second-order valence-corrected chi connectivity index (χ2v) is 7.72. The molecule has 2 aromatic carbocycles. The van der Waals surface area contributed by atoms with Crippen LogP contribution in [0.25, 0.3) is 0 Å². The summed E-state index contributed by atoms with van der Waals surface area (Å²) in [7, 11) is -3.80. The fourth-order valence-corrected chi connectivity index (χ4v) is 3.99. The van der Waals surface area contributed by atoms with E-state index in [0.717, 1.165) is 11.1 Å². The second-order valence-electron chi connectivity index (χ2n) is 5.86. The van der Waals surface area contributed by atoms with E-state index in [9.17, 15) is 13.2 Å². The fourth-order valence-electron chi connectivity index (χ4n) is 2.50. The summed E-state index contributed by atoms with van der Waals surface area (Å²) in [5.41, 5.74) is 2.44. The van der Waals surface area contributed by atoms with Crippen LogP contribution in [0.1, 0.15) is 28.4 Å². The molecular weight excluding hydrogens is 350 g/mol. The molecule has 0 atom stereocenters. The Morgan fingerprint density at radius 3 is 2.38 bits per heavy atom. The van der Waals surface area contributed by atoms with E-state index in [0.29, 0.717) is 11.3 Å². The Morgan fingerprint density at radius 2 is 1.81 bits per heavy atom. The first-order chi connectivity index (χ1) is 12.3. The summed E-state index contributed by atoms with van der Waals surface area (Å²) in [6.07, 6.45) is 1.52. The Labute approximate surface area is 155 Å². The van der Waals surface area contributed by atoms with Crippen molar-refractivity contribution in [3.63, 3.8) is 0 Å². The zero-order valence-electron chi connectivity index (χ0n) is 15.2. The normalized spacial score (nSPS) is 11.0. The van der Waals surface area contributed by atoms with Crippen LogP contribution in [0.5, 0.6) is 0 Å². The number of anilines is 1. The average Bonchev–Trinajstić information content (AvgIpc) is 2.61. The molecule has 0 radical (unpaired) electrons. The summed E-state index contributed by atoms with van der Waals surface area (Å²) in [6.45, 7) is 9.41. The molecule has 138 valence electrons. The molecule has 5 nitrogen and oxygen atoms in total. The molecule has 0 unspecified atom stereocenters. The molecule has 0 aliphatic heterocycles. The summed E-state index contributed by atoms with van der Waals surface area (Å²) in [4.78, 5) is 12.2. The van der Waals surface area contributed by atoms with E-state index in [2.05, 4.69) is 6.58 Å². The van der Waals surface area contributed by atoms with Crippen LogP contribution in [0.4, 0.5) is 5.69 Å². The van der Waals surface area contributed by atoms with E-state index in [1.54, 1.807) is 56.3 Å². The summed E-state index contributed by atoms with van der Waals surface area (Å²) in [6, 6.07) is 11.5. The zero-order chi connectivity index (χ0) is 19.3. The Kier molecular flexibility index (Phi) is 6.21. The highest BCUT2D eigenvalue weighted by atomic mass is 32.2. The number of hydrogen-bond donors (Lipinski definition) is 0. The molecule has 0 aromatic heterocycles. The lowest BCUT2D eigenvalue weighted by atomic mass is 10.1. The van der Waals surface area contributed by atoms with Gasteiger partial charge in [-0.3, -0.25) is 4.31 Å². The van der Waals surface area contributed by atoms with Crippen molar-refractivity contribution in [3.05, 3.63) is 71.8 Å². The molecule has 0 aliphatic carbocycles. The first-order valence-electron chi connectivity index (χ1n) is 8.29. The molecule has 0 spiro atoms. The van der Waals surface area contributed by atoms with Gasteiger partial charge in [0.25, 0.3) is 10.0 Å². The summed E-state index contributed by atoms with van der Waals surface area (Å²) in [5.74, 6) is -0.486. The highest BCUT2D eigenvalue weighted by Crippen LogP contribution is 2.28. The number of rotatable bonds is 7. The van der Waals surface area contributed by atoms with Crippen molar-refractivity contribution in [2.75, 3.05) is 17.5 Å². The maximum absolute atomic E-state index is 13.2. The Balaban J connectivity index is 2.56. The van der Waals surface area contributed by atoms with Crippen molar-refractivity contribution in [1.82, 2.24) is 0 Å². The quantitative estimate of drug-likeness (QED) is 0.546. The van der Waals surface area contributed by atoms with Crippen molar-refractivity contribution < 1.29 is 17.9 Å². The molecule has 0 heterocycles. The van der Waals surface area contributed by atoms with Crippen molar-refractivity contribution in [3.8, 4) is 0 Å². The number of nitrogens with zero attached hydrogens (tertiary/aromatic N) is 1. The third-order valence-electron chi connectivity index (χ3n) is 3.89. The van der Waals surface area contributed by atoms with Crippen LogP contribution >= 0.6 is 0 Å². The van der Waals surface area contributed by atoms with E-state index in [1.807, 2.05) is 6.92 Å². The van der Waals surface area contributed by atoms with E-state index >= 15 is 0 Å². The van der Waals surface area contributed by atoms with Gasteiger partial charge < -0.3 is 4.74 Å². The van der Waals surface area contributed by atoms with Gasteiger partial charge in [0, 0.05) is 0 Å². The van der Waals surface area contributed by atoms with Gasteiger partial charge in [0.2, 0.25) is 0 Å². The maximum atomic E-state index is 13.2. The number of carbonyl (C=O) groups excluding carboxylic acids is 1. The van der Waals surface area contributed by atoms with Gasteiger partial charge >= 0.3 is 5.97 Å². The van der Waals surface area contributed by atoms with Gasteiger partial charge in [-0.25, -0.2) is 13.2 Å². The topological polar surface area (TPSA) is 63.7 Å². The average molecular weight is 373 g/mol. The third-order valence-corrected chi connectivity index (χ3v) is 5.69. The Bertz CT molecular complexity index is 902. The highest BCUT2D eigenvalue weighted by Gasteiger charge is 2.26. The summed E-state index contributed by atoms with van der Waals surface area (Å²) >= 11 is 0. The van der Waals surface area contributed by atoms with Crippen LogP contribution in [0.3, 0.4) is 0 Å². The lowest BCUT2D eigenvalue weighted by Gasteiger charge is -2.25. The van der Waals surface area contributed by atoms with Gasteiger partial charge in [-0.05, 0) is 50.6 Å². The molecule has 2 aromatic rings. The number of ether oxygens (including phenoxy) is 1. The minimum Gasteiger partial charge on any atom is -0.462 e. The molecule has 0 saturated heterocycles. The molecular formula is C20H23NO4S. The minimum atomic E-state index is -3.80. The predicted octanol–water partition coefficient (Wildman–Crippen LogP) is 3.86. The van der Waals surface area contributed by atoms with Crippen LogP contribution in [-0.2, 0) is 14.8 Å². The van der Waals surface area contributed by atoms with Crippen molar-refractivity contribution in [1.29, 1.82) is 0 Å². The molecule has 0 aliphatic rings. The molecule has 0 bridgehead atoms. The lowest BCUT2D eigenvalue weighted by molar-refractivity contribution is 0.0526. The largest absolute Gasteiger partial charge is 0.462 e. The molecule has 26 heavy (non-hydrogen) atoms. The van der Waals surface area contributed by atoms with Crippen molar-refractivity contribution in [2.45, 2.75) is 25.7 Å². The molecule has 6 heteroatoms. The number of aryl methyl sites for hydroxylation is 2. The van der Waals surface area contributed by atoms with E-state index in [-0.39, 0.29) is 18.0 Å². The zero-order valence-corrected chi connectivity index (χ0v) is 16.0. The van der Waals surface area contributed by atoms with Gasteiger partial charge in [0.15, 0.2) is 0 Å². The van der Waals surface area contributed by atoms with Gasteiger partial charge in [-0.2, -0.15) is 0 Å². The fraction of sp³-hybridized carbons (Fsp3) is 0.250. The van der Waals surface area contributed by atoms with Crippen LogP contribution in [0.2, 0.25) is 0 Å². The SMILES string of the molecule is C=CCN(c1cc(C(=O)OCC)ccc1C)S(=O)(=O)c1ccc(C)cc1. The smallest absolute Gasteiger partial charge is 0.338 e. The summed E-state index contributed by atoms with van der Waals surface area (Å²) in [5, 5.41) is 0. The summed E-state index contributed by atoms with van der Waals surface area (Å²) < 4.78 is 32.6. The number of benzene rings is 2. The van der Waals surface area contributed by atoms with E-state index < -0.39 is 16.0 Å². The molecule has 0 amide bonds. The van der Waals surface area contributed by atoms with Crippen LogP contribution in [0, 0.1) is 13.8 Å². The molecule has 2 rings (SSSR count). The molecule has 0 N–H and O–H groups in total. The van der Waals surface area contributed by atoms with Crippen molar-refractivity contribution >= 4 is 21.7 Å². The number of hydrogen-bond acceptors (Lipinski definition) is 4. The van der Waals surface area contributed by atoms with Gasteiger partial charge in [0.1, 0.15) is 0 Å². The lowest BCUT2D eigenvalue weighted by Crippen LogP contribution is -2.32. The Morgan fingerprint density at radius 1 is 1.15 bits per heavy atom. The first kappa shape index (κ1) is 19.7. The maximum Gasteiger partial charge on any atom is 0.338 e. The standard InChI is InChI=1S/C20H23NO4S/c1-5-13-21(26(23,24)18-11-7-15(3)8-12-18)19-14-17(10-9-16(19)4)20(22)25-6-2/h5,7-12,14H,1,6,13H2,2-4H3. The number of carbonyl (C=O) groups is 1. The molecule has 0 fully saturated rings. The Hall–Kier alpha value is -2.60. The molecule has 0 saturated carbocycles. The van der Waals surface area contributed by atoms with Gasteiger partial charge in [-0.15, -0.1) is 6.58 Å². The van der Waals surface area contributed by atoms with Crippen LogP contribution in [0.15, 0.2) is 60.0 Å². The van der Waals surface area contributed by atoms with Gasteiger partial charge in [-0.1, -0.05) is 29.8 Å². The first-order valence-corrected chi connectivity index (χ1v) is 9.73. The minimum absolute atomic E-state index is 0.0866. The van der Waals surface area contributed by atoms with E-state index in [1.165, 1.54) is 10.4 Å².